The first kappa shape index (κ1) is 15.3. The van der Waals surface area contributed by atoms with Gasteiger partial charge in [0.1, 0.15) is 0 Å². The van der Waals surface area contributed by atoms with Crippen LogP contribution in [0.2, 0.25) is 0 Å². The molecule has 0 spiro atoms. The minimum Gasteiger partial charge on any atom is -0.303 e. The number of nitrogens with zero attached hydrogens (tertiary/aromatic N) is 2. The number of hydrogen-bond donors (Lipinski definition) is 0. The summed E-state index contributed by atoms with van der Waals surface area (Å²) >= 11 is 3.80. The van der Waals surface area contributed by atoms with Crippen LogP contribution in [0.5, 0.6) is 0 Å². The van der Waals surface area contributed by atoms with Crippen molar-refractivity contribution in [1.82, 2.24) is 9.80 Å². The Kier molecular flexibility index (Phi) is 5.44. The van der Waals surface area contributed by atoms with E-state index in [1.54, 1.807) is 0 Å². The van der Waals surface area contributed by atoms with Gasteiger partial charge in [0.05, 0.1) is 0 Å². The number of likely N-dealkylation sites (tertiary alicyclic amines) is 2. The minimum atomic E-state index is 0.609. The van der Waals surface area contributed by atoms with Gasteiger partial charge in [0, 0.05) is 17.9 Å². The van der Waals surface area contributed by atoms with E-state index in [1.165, 1.54) is 95.8 Å². The summed E-state index contributed by atoms with van der Waals surface area (Å²) in [7, 11) is 0. The van der Waals surface area contributed by atoms with Crippen LogP contribution in [0, 0.1) is 5.41 Å². The third-order valence-corrected chi connectivity index (χ3v) is 7.16. The fourth-order valence-electron chi connectivity index (χ4n) is 4.66. The number of alkyl halides is 1. The Morgan fingerprint density at radius 1 is 0.850 bits per heavy atom. The minimum absolute atomic E-state index is 0.609. The summed E-state index contributed by atoms with van der Waals surface area (Å²) < 4.78 is 0. The second-order valence-corrected chi connectivity index (χ2v) is 8.01. The molecule has 0 aromatic carbocycles. The standard InChI is InChI=1S/C17H31BrN2/c18-14-17(8-2-3-9-17)15-19-12-6-16(7-13-19)20-10-4-1-5-11-20/h16H,1-15H2. The molecule has 0 aromatic heterocycles. The molecule has 2 saturated heterocycles. The number of hydrogen-bond acceptors (Lipinski definition) is 2. The van der Waals surface area contributed by atoms with Crippen LogP contribution in [-0.2, 0) is 0 Å². The third kappa shape index (κ3) is 3.59. The Labute approximate surface area is 133 Å². The van der Waals surface area contributed by atoms with Gasteiger partial charge in [-0.1, -0.05) is 35.2 Å². The lowest BCUT2D eigenvalue weighted by molar-refractivity contribution is 0.0730. The predicted molar refractivity (Wildman–Crippen MR) is 89.6 cm³/mol. The maximum Gasteiger partial charge on any atom is 0.0120 e. The molecule has 0 N–H and O–H groups in total. The topological polar surface area (TPSA) is 6.48 Å². The predicted octanol–water partition coefficient (Wildman–Crippen LogP) is 3.89. The van der Waals surface area contributed by atoms with Crippen molar-refractivity contribution in [3.8, 4) is 0 Å². The van der Waals surface area contributed by atoms with Gasteiger partial charge >= 0.3 is 0 Å². The number of rotatable bonds is 4. The Balaban J connectivity index is 1.46. The molecule has 0 unspecified atom stereocenters. The van der Waals surface area contributed by atoms with E-state index in [-0.39, 0.29) is 0 Å². The smallest absolute Gasteiger partial charge is 0.0120 e. The summed E-state index contributed by atoms with van der Waals surface area (Å²) in [5, 5.41) is 1.21. The molecule has 20 heavy (non-hydrogen) atoms. The molecule has 116 valence electrons. The van der Waals surface area contributed by atoms with Gasteiger partial charge < -0.3 is 9.80 Å². The van der Waals surface area contributed by atoms with Crippen LogP contribution in [0.1, 0.15) is 57.8 Å². The summed E-state index contributed by atoms with van der Waals surface area (Å²) in [6.45, 7) is 6.78. The highest BCUT2D eigenvalue weighted by Crippen LogP contribution is 2.40. The van der Waals surface area contributed by atoms with Crippen molar-refractivity contribution >= 4 is 15.9 Å². The first-order valence-electron chi connectivity index (χ1n) is 8.84. The van der Waals surface area contributed by atoms with Gasteiger partial charge in [-0.3, -0.25) is 0 Å². The van der Waals surface area contributed by atoms with Crippen LogP contribution in [0.25, 0.3) is 0 Å². The van der Waals surface area contributed by atoms with Crippen molar-refractivity contribution in [1.29, 1.82) is 0 Å². The molecule has 3 rings (SSSR count). The molecule has 1 aliphatic carbocycles. The molecular weight excluding hydrogens is 312 g/mol. The second kappa shape index (κ2) is 7.11. The lowest BCUT2D eigenvalue weighted by atomic mass is 9.87. The van der Waals surface area contributed by atoms with Gasteiger partial charge in [-0.25, -0.2) is 0 Å². The molecule has 0 atom stereocenters. The van der Waals surface area contributed by atoms with Crippen molar-refractivity contribution in [3.63, 3.8) is 0 Å². The lowest BCUT2D eigenvalue weighted by Gasteiger charge is -2.42. The fourth-order valence-corrected chi connectivity index (χ4v) is 5.40. The first-order valence-corrected chi connectivity index (χ1v) is 9.96. The van der Waals surface area contributed by atoms with Crippen molar-refractivity contribution < 1.29 is 0 Å². The molecule has 1 saturated carbocycles. The van der Waals surface area contributed by atoms with Gasteiger partial charge in [0.15, 0.2) is 0 Å². The highest BCUT2D eigenvalue weighted by atomic mass is 79.9. The molecule has 3 heteroatoms. The van der Waals surface area contributed by atoms with E-state index < -0.39 is 0 Å². The lowest BCUT2D eigenvalue weighted by Crippen LogP contribution is -2.49. The van der Waals surface area contributed by atoms with E-state index in [2.05, 4.69) is 25.7 Å². The summed E-state index contributed by atoms with van der Waals surface area (Å²) in [5.74, 6) is 0. The third-order valence-electron chi connectivity index (χ3n) is 5.97. The van der Waals surface area contributed by atoms with Crippen molar-refractivity contribution in [2.75, 3.05) is 38.1 Å². The zero-order valence-electron chi connectivity index (χ0n) is 13.0. The highest BCUT2D eigenvalue weighted by molar-refractivity contribution is 9.09. The highest BCUT2D eigenvalue weighted by Gasteiger charge is 2.36. The first-order chi connectivity index (χ1) is 9.81. The molecule has 0 amide bonds. The van der Waals surface area contributed by atoms with Crippen molar-refractivity contribution in [3.05, 3.63) is 0 Å². The maximum absolute atomic E-state index is 3.80. The molecule has 2 nitrogen and oxygen atoms in total. The van der Waals surface area contributed by atoms with Crippen LogP contribution in [-0.4, -0.2) is 53.9 Å². The SMILES string of the molecule is BrCC1(CN2CCC(N3CCCCC3)CC2)CCCC1. The summed E-state index contributed by atoms with van der Waals surface area (Å²) in [5.41, 5.74) is 0.609. The van der Waals surface area contributed by atoms with Crippen LogP contribution in [0.4, 0.5) is 0 Å². The van der Waals surface area contributed by atoms with E-state index >= 15 is 0 Å². The molecule has 3 fully saturated rings. The van der Waals surface area contributed by atoms with Gasteiger partial charge in [-0.05, 0) is 70.1 Å². The van der Waals surface area contributed by atoms with Gasteiger partial charge in [0.2, 0.25) is 0 Å². The molecule has 2 heterocycles. The molecule has 2 aliphatic heterocycles. The van der Waals surface area contributed by atoms with Crippen LogP contribution >= 0.6 is 15.9 Å². The van der Waals surface area contributed by atoms with Gasteiger partial charge in [-0.2, -0.15) is 0 Å². The summed E-state index contributed by atoms with van der Waals surface area (Å²) in [6.07, 6.45) is 13.0. The average molecular weight is 343 g/mol. The average Bonchev–Trinajstić information content (AvgIpc) is 2.98. The molecular formula is C17H31BrN2. The van der Waals surface area contributed by atoms with E-state index in [1.807, 2.05) is 0 Å². The Morgan fingerprint density at radius 3 is 2.10 bits per heavy atom. The van der Waals surface area contributed by atoms with Gasteiger partial charge in [-0.15, -0.1) is 0 Å². The maximum atomic E-state index is 3.80. The number of halogens is 1. The quantitative estimate of drug-likeness (QED) is 0.715. The van der Waals surface area contributed by atoms with E-state index in [4.69, 9.17) is 0 Å². The van der Waals surface area contributed by atoms with Gasteiger partial charge in [0.25, 0.3) is 0 Å². The monoisotopic (exact) mass is 342 g/mol. The van der Waals surface area contributed by atoms with Crippen LogP contribution < -0.4 is 0 Å². The van der Waals surface area contributed by atoms with Crippen molar-refractivity contribution in [2.24, 2.45) is 5.41 Å². The zero-order valence-corrected chi connectivity index (χ0v) is 14.5. The molecule has 0 bridgehead atoms. The van der Waals surface area contributed by atoms with E-state index in [0.717, 1.165) is 6.04 Å². The second-order valence-electron chi connectivity index (χ2n) is 7.44. The largest absolute Gasteiger partial charge is 0.303 e. The molecule has 0 radical (unpaired) electrons. The zero-order chi connectivity index (χ0) is 13.8. The Hall–Kier alpha value is 0.400. The van der Waals surface area contributed by atoms with Crippen molar-refractivity contribution in [2.45, 2.75) is 63.8 Å². The van der Waals surface area contributed by atoms with Crippen LogP contribution in [0.15, 0.2) is 0 Å². The normalized spacial score (nSPS) is 29.9. The van der Waals surface area contributed by atoms with Crippen LogP contribution in [0.3, 0.4) is 0 Å². The number of piperidine rings is 2. The molecule has 0 aromatic rings. The summed E-state index contributed by atoms with van der Waals surface area (Å²) in [4.78, 5) is 5.56. The Bertz CT molecular complexity index is 287. The van der Waals surface area contributed by atoms with E-state index in [9.17, 15) is 0 Å². The summed E-state index contributed by atoms with van der Waals surface area (Å²) in [6, 6.07) is 0.898. The fraction of sp³-hybridized carbons (Fsp3) is 1.00. The Morgan fingerprint density at radius 2 is 1.50 bits per heavy atom. The molecule has 3 aliphatic rings. The van der Waals surface area contributed by atoms with E-state index in [0.29, 0.717) is 5.41 Å².